The van der Waals surface area contributed by atoms with Crippen molar-refractivity contribution in [1.29, 1.82) is 0 Å². The maximum atomic E-state index is 9.93. The number of aromatic hydroxyl groups is 2. The monoisotopic (exact) mass is 626 g/mol. The smallest absolute Gasteiger partial charge is 0.122 e. The van der Waals surface area contributed by atoms with E-state index >= 15 is 0 Å². The van der Waals surface area contributed by atoms with Crippen molar-refractivity contribution in [3.63, 3.8) is 0 Å². The zero-order valence-corrected chi connectivity index (χ0v) is 23.7. The number of halogens is 2. The summed E-state index contributed by atoms with van der Waals surface area (Å²) in [6.45, 7) is 16.8. The van der Waals surface area contributed by atoms with E-state index in [1.54, 1.807) is 0 Å². The normalized spacial score (nSPS) is 10.3. The largest absolute Gasteiger partial charge is 0.507 e. The number of hydrogen-bond acceptors (Lipinski definition) is 3. The van der Waals surface area contributed by atoms with Crippen LogP contribution in [0.5, 0.6) is 11.5 Å². The third-order valence-electron chi connectivity index (χ3n) is 4.68. The Kier molecular flexibility index (Phi) is 16.8. The molecule has 0 spiro atoms. The Labute approximate surface area is 207 Å². The molecule has 3 nitrogen and oxygen atoms in total. The molecule has 0 aliphatic heterocycles. The van der Waals surface area contributed by atoms with Gasteiger partial charge in [-0.05, 0) is 45.9 Å². The van der Waals surface area contributed by atoms with E-state index in [0.717, 1.165) is 22.3 Å². The summed E-state index contributed by atoms with van der Waals surface area (Å²) in [5.41, 5.74) is 4.19. The maximum Gasteiger partial charge on any atom is 0.122 e. The molecule has 0 unspecified atom stereocenters. The predicted octanol–water partition coefficient (Wildman–Crippen LogP) is 8.59. The molecule has 2 N–H and O–H groups in total. The van der Waals surface area contributed by atoms with Gasteiger partial charge in [0.25, 0.3) is 0 Å². The molecule has 0 heterocycles. The van der Waals surface area contributed by atoms with Crippen LogP contribution in [0.15, 0.2) is 36.4 Å². The third kappa shape index (κ3) is 10.1. The summed E-state index contributed by atoms with van der Waals surface area (Å²) >= 11 is 8.53. The van der Waals surface area contributed by atoms with Crippen LogP contribution in [0.3, 0.4) is 0 Å². The summed E-state index contributed by atoms with van der Waals surface area (Å²) in [7, 11) is 0. The summed E-state index contributed by atoms with van der Waals surface area (Å²) in [4.78, 5) is 0. The van der Waals surface area contributed by atoms with Crippen molar-refractivity contribution in [3.05, 3.63) is 58.7 Å². The van der Waals surface area contributed by atoms with Gasteiger partial charge < -0.3 is 10.2 Å². The first kappa shape index (κ1) is 31.5. The van der Waals surface area contributed by atoms with E-state index in [1.807, 2.05) is 36.4 Å². The van der Waals surface area contributed by atoms with Crippen LogP contribution < -0.4 is 0 Å². The van der Waals surface area contributed by atoms with E-state index < -0.39 is 0 Å². The first-order chi connectivity index (χ1) is 13.5. The van der Waals surface area contributed by atoms with Crippen molar-refractivity contribution in [1.82, 2.24) is 0 Å². The molecule has 0 fully saturated rings. The van der Waals surface area contributed by atoms with E-state index in [4.69, 9.17) is 0 Å². The molecule has 0 aliphatic rings. The minimum atomic E-state index is 0. The van der Waals surface area contributed by atoms with Gasteiger partial charge in [0.15, 0.2) is 0 Å². The number of hydrogen-bond donors (Lipinski definition) is 2. The zero-order chi connectivity index (χ0) is 22.7. The number of para-hydroxylation sites is 2. The number of phenolic OH excluding ortho intramolecular Hbond substituents is 2. The number of rotatable bonds is 4. The quantitative estimate of drug-likeness (QED) is 0.357. The van der Waals surface area contributed by atoms with Gasteiger partial charge in [0.1, 0.15) is 11.5 Å². The molecule has 0 atom stereocenters. The average Bonchev–Trinajstić information content (AvgIpc) is 2.62. The van der Waals surface area contributed by atoms with Crippen LogP contribution in [-0.4, -0.2) is 10.2 Å². The molecule has 6 heteroatoms. The van der Waals surface area contributed by atoms with Crippen LogP contribution in [0.4, 0.5) is 0 Å². The average molecular weight is 627 g/mol. The van der Waals surface area contributed by atoms with E-state index in [1.165, 1.54) is 0 Å². The summed E-state index contributed by atoms with van der Waals surface area (Å²) in [5.74, 6) is 2.51. The first-order valence-electron chi connectivity index (χ1n) is 10.0. The molecule has 0 aliphatic carbocycles. The Balaban J connectivity index is 0. The predicted molar refractivity (Wildman–Crippen MR) is 125 cm³/mol. The number of phenols is 2. The van der Waals surface area contributed by atoms with Crippen molar-refractivity contribution in [2.24, 2.45) is 0 Å². The van der Waals surface area contributed by atoms with Crippen molar-refractivity contribution < 1.29 is 35.1 Å². The van der Waals surface area contributed by atoms with Gasteiger partial charge in [0.05, 0.1) is 23.7 Å². The second-order valence-corrected chi connectivity index (χ2v) is 8.71. The third-order valence-corrected chi connectivity index (χ3v) is 4.68. The summed E-state index contributed by atoms with van der Waals surface area (Å²) in [5, 5.41) is 19.9. The Bertz CT molecular complexity index is 618. The van der Waals surface area contributed by atoms with E-state index in [-0.39, 0.29) is 21.1 Å². The summed E-state index contributed by atoms with van der Waals surface area (Å²) in [6.07, 6.45) is 0. The minimum Gasteiger partial charge on any atom is -0.507 e. The summed E-state index contributed by atoms with van der Waals surface area (Å²) in [6, 6.07) is 12.0. The van der Waals surface area contributed by atoms with Gasteiger partial charge in [-0.15, -0.1) is 0 Å². The van der Waals surface area contributed by atoms with Crippen LogP contribution in [0, 0.1) is 0 Å². The molecule has 2 aromatic rings. The van der Waals surface area contributed by atoms with E-state index in [9.17, 15) is 10.2 Å². The fraction of sp³-hybridized carbons (Fsp3) is 0.500. The Morgan fingerprint density at radius 2 is 0.733 bits per heavy atom. The van der Waals surface area contributed by atoms with Gasteiger partial charge in [-0.25, -0.2) is 0 Å². The molecule has 0 aromatic heterocycles. The second kappa shape index (κ2) is 16.0. The van der Waals surface area contributed by atoms with Crippen molar-refractivity contribution in [2.75, 3.05) is 0 Å². The van der Waals surface area contributed by atoms with Crippen LogP contribution >= 0.6 is 23.7 Å². The van der Waals surface area contributed by atoms with Crippen LogP contribution in [0.1, 0.15) is 101 Å². The first-order valence-corrected chi connectivity index (χ1v) is 10.6. The van der Waals surface area contributed by atoms with Gasteiger partial charge >= 0.3 is 0 Å². The molecule has 170 valence electrons. The van der Waals surface area contributed by atoms with Crippen LogP contribution in [-0.2, 0) is 24.9 Å². The van der Waals surface area contributed by atoms with Gasteiger partial charge in [0, 0.05) is 21.1 Å². The fourth-order valence-corrected chi connectivity index (χ4v) is 3.02. The Morgan fingerprint density at radius 1 is 0.567 bits per heavy atom. The van der Waals surface area contributed by atoms with Crippen LogP contribution in [0.2, 0.25) is 0 Å². The van der Waals surface area contributed by atoms with Gasteiger partial charge in [-0.3, -0.25) is 0 Å². The van der Waals surface area contributed by atoms with Crippen molar-refractivity contribution in [2.45, 2.75) is 79.1 Å². The molecule has 0 radical (unpaired) electrons. The van der Waals surface area contributed by atoms with Crippen molar-refractivity contribution in [3.8, 4) is 11.5 Å². The second-order valence-electron chi connectivity index (χ2n) is 8.25. The molecule has 0 saturated carbocycles. The van der Waals surface area contributed by atoms with Crippen molar-refractivity contribution >= 4 is 23.7 Å². The molecule has 2 aromatic carbocycles. The number of benzene rings is 2. The fourth-order valence-electron chi connectivity index (χ4n) is 3.02. The van der Waals surface area contributed by atoms with Gasteiger partial charge in [0.2, 0.25) is 0 Å². The Hall–Kier alpha value is -0.732. The molecule has 0 amide bonds. The van der Waals surface area contributed by atoms with Gasteiger partial charge in [-0.1, -0.05) is 91.8 Å². The molecule has 0 saturated heterocycles. The molecular formula is C24H36Cl2O3W. The maximum absolute atomic E-state index is 9.93. The SMILES string of the molecule is CC(C)c1cccc(C(C)C)c1O.CC(C)c1cccc(C(C)C)c1O.ClOCl.[W]. The summed E-state index contributed by atoms with van der Waals surface area (Å²) < 4.78 is 3.19. The zero-order valence-electron chi connectivity index (χ0n) is 19.2. The standard InChI is InChI=1S/2C12H18O.Cl2O.W/c2*1-8(2)10-6-5-7-11(9(3)4)12(10)13;1-3-2;/h2*5-9,13H,1-4H3;;. The topological polar surface area (TPSA) is 49.7 Å². The molecule has 30 heavy (non-hydrogen) atoms. The molecule has 2 rings (SSSR count). The molecular weight excluding hydrogens is 591 g/mol. The molecule has 0 bridgehead atoms. The van der Waals surface area contributed by atoms with Crippen LogP contribution in [0.25, 0.3) is 0 Å². The van der Waals surface area contributed by atoms with E-state index in [2.05, 4.69) is 83.0 Å². The van der Waals surface area contributed by atoms with Gasteiger partial charge in [-0.2, -0.15) is 3.84 Å². The van der Waals surface area contributed by atoms with E-state index in [0.29, 0.717) is 35.2 Å². The Morgan fingerprint density at radius 3 is 0.867 bits per heavy atom. The minimum absolute atomic E-state index is 0.